The highest BCUT2D eigenvalue weighted by atomic mass is 32.2. The van der Waals surface area contributed by atoms with E-state index in [-0.39, 0.29) is 22.0 Å². The molecule has 3 rings (SSSR count). The SMILES string of the molecule is CCOc1ccc(Nc2ccccc2[N+](=O)[O-])cc1S(=O)(=O)N1CCCCC1. The van der Waals surface area contributed by atoms with Crippen LogP contribution in [0.1, 0.15) is 26.2 Å². The van der Waals surface area contributed by atoms with E-state index in [9.17, 15) is 18.5 Å². The van der Waals surface area contributed by atoms with E-state index in [1.807, 2.05) is 0 Å². The molecule has 1 aliphatic rings. The minimum Gasteiger partial charge on any atom is -0.492 e. The third-order valence-corrected chi connectivity index (χ3v) is 6.48. The molecule has 1 aliphatic heterocycles. The Hall–Kier alpha value is -2.65. The van der Waals surface area contributed by atoms with Gasteiger partial charge in [-0.3, -0.25) is 10.1 Å². The molecule has 2 aromatic rings. The fourth-order valence-electron chi connectivity index (χ4n) is 3.20. The van der Waals surface area contributed by atoms with Gasteiger partial charge in [-0.2, -0.15) is 4.31 Å². The van der Waals surface area contributed by atoms with Crippen molar-refractivity contribution in [2.75, 3.05) is 25.0 Å². The van der Waals surface area contributed by atoms with Crippen LogP contribution in [0.25, 0.3) is 0 Å². The first kappa shape index (κ1) is 20.1. The summed E-state index contributed by atoms with van der Waals surface area (Å²) in [5.41, 5.74) is 0.642. The predicted molar refractivity (Wildman–Crippen MR) is 107 cm³/mol. The van der Waals surface area contributed by atoms with Crippen LogP contribution in [0, 0.1) is 10.1 Å². The van der Waals surface area contributed by atoms with Crippen molar-refractivity contribution in [1.82, 2.24) is 4.31 Å². The van der Waals surface area contributed by atoms with Crippen LogP contribution in [0.15, 0.2) is 47.4 Å². The van der Waals surface area contributed by atoms with Crippen molar-refractivity contribution in [3.8, 4) is 5.75 Å². The van der Waals surface area contributed by atoms with Crippen LogP contribution in [0.4, 0.5) is 17.1 Å². The molecule has 1 saturated heterocycles. The largest absolute Gasteiger partial charge is 0.492 e. The van der Waals surface area contributed by atoms with Crippen LogP contribution >= 0.6 is 0 Å². The average molecular weight is 405 g/mol. The summed E-state index contributed by atoms with van der Waals surface area (Å²) in [6.45, 7) is 3.08. The molecular weight excluding hydrogens is 382 g/mol. The maximum atomic E-state index is 13.2. The number of nitro groups is 1. The van der Waals surface area contributed by atoms with Gasteiger partial charge in [0, 0.05) is 24.8 Å². The number of anilines is 2. The molecule has 0 bridgehead atoms. The van der Waals surface area contributed by atoms with E-state index in [1.165, 1.54) is 16.4 Å². The van der Waals surface area contributed by atoms with Crippen LogP contribution in [-0.2, 0) is 10.0 Å². The number of para-hydroxylation sites is 2. The number of ether oxygens (including phenoxy) is 1. The van der Waals surface area contributed by atoms with Crippen LogP contribution in [-0.4, -0.2) is 37.3 Å². The minimum atomic E-state index is -3.72. The van der Waals surface area contributed by atoms with Crippen molar-refractivity contribution >= 4 is 27.1 Å². The van der Waals surface area contributed by atoms with Crippen molar-refractivity contribution < 1.29 is 18.1 Å². The molecule has 0 amide bonds. The average Bonchev–Trinajstić information content (AvgIpc) is 2.70. The first-order chi connectivity index (χ1) is 13.4. The van der Waals surface area contributed by atoms with Gasteiger partial charge < -0.3 is 10.1 Å². The molecule has 0 aromatic heterocycles. The summed E-state index contributed by atoms with van der Waals surface area (Å²) >= 11 is 0. The molecule has 150 valence electrons. The van der Waals surface area contributed by atoms with E-state index in [0.29, 0.717) is 25.4 Å². The number of sulfonamides is 1. The number of benzene rings is 2. The van der Waals surface area contributed by atoms with Crippen LogP contribution < -0.4 is 10.1 Å². The van der Waals surface area contributed by atoms with Gasteiger partial charge in [-0.25, -0.2) is 8.42 Å². The molecule has 1 heterocycles. The number of nitro benzene ring substituents is 1. The highest BCUT2D eigenvalue weighted by Gasteiger charge is 2.29. The smallest absolute Gasteiger partial charge is 0.292 e. The van der Waals surface area contributed by atoms with Gasteiger partial charge in [-0.1, -0.05) is 18.6 Å². The standard InChI is InChI=1S/C19H23N3O5S/c1-2-27-18-11-10-15(20-16-8-4-5-9-17(16)22(23)24)14-19(18)28(25,26)21-12-6-3-7-13-21/h4-5,8-11,14,20H,2-3,6-7,12-13H2,1H3. The molecule has 0 aliphatic carbocycles. The number of nitrogens with one attached hydrogen (secondary N) is 1. The van der Waals surface area contributed by atoms with Gasteiger partial charge in [0.05, 0.1) is 11.5 Å². The third-order valence-electron chi connectivity index (χ3n) is 4.56. The number of hydrogen-bond acceptors (Lipinski definition) is 6. The van der Waals surface area contributed by atoms with E-state index in [1.54, 1.807) is 37.3 Å². The Labute approximate surface area is 164 Å². The molecule has 1 N–H and O–H groups in total. The van der Waals surface area contributed by atoms with Crippen molar-refractivity contribution in [2.24, 2.45) is 0 Å². The molecule has 0 saturated carbocycles. The summed E-state index contributed by atoms with van der Waals surface area (Å²) in [4.78, 5) is 10.8. The number of piperidine rings is 1. The van der Waals surface area contributed by atoms with E-state index in [2.05, 4.69) is 5.32 Å². The predicted octanol–water partition coefficient (Wildman–Crippen LogP) is 3.91. The van der Waals surface area contributed by atoms with Crippen molar-refractivity contribution in [3.05, 3.63) is 52.6 Å². The number of hydrogen-bond donors (Lipinski definition) is 1. The molecule has 0 spiro atoms. The zero-order chi connectivity index (χ0) is 20.1. The summed E-state index contributed by atoms with van der Waals surface area (Å²) in [6.07, 6.45) is 2.68. The number of nitrogens with zero attached hydrogens (tertiary/aromatic N) is 2. The van der Waals surface area contributed by atoms with Gasteiger partial charge >= 0.3 is 0 Å². The molecule has 0 unspecified atom stereocenters. The van der Waals surface area contributed by atoms with Gasteiger partial charge in [0.1, 0.15) is 16.3 Å². The van der Waals surface area contributed by atoms with E-state index in [0.717, 1.165) is 19.3 Å². The van der Waals surface area contributed by atoms with E-state index >= 15 is 0 Å². The van der Waals surface area contributed by atoms with Crippen LogP contribution in [0.5, 0.6) is 5.75 Å². The molecule has 8 nitrogen and oxygen atoms in total. The Morgan fingerprint density at radius 2 is 1.86 bits per heavy atom. The second kappa shape index (κ2) is 8.57. The maximum Gasteiger partial charge on any atom is 0.292 e. The summed E-state index contributed by atoms with van der Waals surface area (Å²) in [5, 5.41) is 14.2. The first-order valence-corrected chi connectivity index (χ1v) is 10.6. The highest BCUT2D eigenvalue weighted by Crippen LogP contribution is 2.34. The summed E-state index contributed by atoms with van der Waals surface area (Å²) in [6, 6.07) is 10.9. The van der Waals surface area contributed by atoms with Crippen molar-refractivity contribution in [2.45, 2.75) is 31.1 Å². The second-order valence-electron chi connectivity index (χ2n) is 6.46. The van der Waals surface area contributed by atoms with Gasteiger partial charge in [-0.05, 0) is 44.0 Å². The molecule has 28 heavy (non-hydrogen) atoms. The summed E-state index contributed by atoms with van der Waals surface area (Å²) in [5.74, 6) is 0.279. The molecule has 2 aromatic carbocycles. The first-order valence-electron chi connectivity index (χ1n) is 9.21. The topological polar surface area (TPSA) is 102 Å². The Kier molecular flexibility index (Phi) is 6.15. The number of rotatable bonds is 7. The molecule has 1 fully saturated rings. The van der Waals surface area contributed by atoms with Gasteiger partial charge in [0.2, 0.25) is 10.0 Å². The van der Waals surface area contributed by atoms with Gasteiger partial charge in [0.15, 0.2) is 0 Å². The van der Waals surface area contributed by atoms with E-state index < -0.39 is 14.9 Å². The fourth-order valence-corrected chi connectivity index (χ4v) is 4.87. The normalized spacial score (nSPS) is 15.2. The Morgan fingerprint density at radius 1 is 1.14 bits per heavy atom. The van der Waals surface area contributed by atoms with Gasteiger partial charge in [0.25, 0.3) is 5.69 Å². The van der Waals surface area contributed by atoms with Crippen LogP contribution in [0.3, 0.4) is 0 Å². The lowest BCUT2D eigenvalue weighted by atomic mass is 10.2. The lowest BCUT2D eigenvalue weighted by molar-refractivity contribution is -0.383. The van der Waals surface area contributed by atoms with Gasteiger partial charge in [-0.15, -0.1) is 0 Å². The summed E-state index contributed by atoms with van der Waals surface area (Å²) < 4.78 is 33.4. The molecule has 9 heteroatoms. The second-order valence-corrected chi connectivity index (χ2v) is 8.36. The zero-order valence-electron chi connectivity index (χ0n) is 15.6. The third kappa shape index (κ3) is 4.26. The Morgan fingerprint density at radius 3 is 2.54 bits per heavy atom. The minimum absolute atomic E-state index is 0.0693. The molecular formula is C19H23N3O5S. The quantitative estimate of drug-likeness (QED) is 0.553. The Balaban J connectivity index is 1.99. The molecule has 0 atom stereocenters. The van der Waals surface area contributed by atoms with Crippen molar-refractivity contribution in [3.63, 3.8) is 0 Å². The lowest BCUT2D eigenvalue weighted by Gasteiger charge is -2.27. The van der Waals surface area contributed by atoms with Crippen LogP contribution in [0.2, 0.25) is 0 Å². The zero-order valence-corrected chi connectivity index (χ0v) is 16.4. The lowest BCUT2D eigenvalue weighted by Crippen LogP contribution is -2.35. The molecule has 0 radical (unpaired) electrons. The monoisotopic (exact) mass is 405 g/mol. The fraction of sp³-hybridized carbons (Fsp3) is 0.368. The maximum absolute atomic E-state index is 13.2. The Bertz CT molecular complexity index is 956. The highest BCUT2D eigenvalue weighted by molar-refractivity contribution is 7.89. The van der Waals surface area contributed by atoms with Crippen molar-refractivity contribution in [1.29, 1.82) is 0 Å². The summed E-state index contributed by atoms with van der Waals surface area (Å²) in [7, 11) is -3.72. The van der Waals surface area contributed by atoms with E-state index in [4.69, 9.17) is 4.74 Å².